The number of likely N-dealkylation sites (N-methyl/N-ethyl adjacent to an activating group) is 1. The molecule has 19 heavy (non-hydrogen) atoms. The van der Waals surface area contributed by atoms with E-state index in [2.05, 4.69) is 21.2 Å². The van der Waals surface area contributed by atoms with E-state index in [-0.39, 0.29) is 30.5 Å². The van der Waals surface area contributed by atoms with Gasteiger partial charge in [-0.3, -0.25) is 4.79 Å². The van der Waals surface area contributed by atoms with Crippen LogP contribution in [0.25, 0.3) is 0 Å². The Labute approximate surface area is 132 Å². The molecule has 0 radical (unpaired) electrons. The highest BCUT2D eigenvalue weighted by Gasteiger charge is 2.30. The predicted molar refractivity (Wildman–Crippen MR) is 82.9 cm³/mol. The van der Waals surface area contributed by atoms with Crippen molar-refractivity contribution < 1.29 is 9.53 Å². The molecule has 4 nitrogen and oxygen atoms in total. The second kappa shape index (κ2) is 7.59. The Morgan fingerprint density at radius 2 is 2.42 bits per heavy atom. The number of thiophene rings is 1. The van der Waals surface area contributed by atoms with Crippen LogP contribution in [0.2, 0.25) is 0 Å². The molecule has 2 heterocycles. The zero-order valence-electron chi connectivity index (χ0n) is 10.9. The second-order valence-corrected chi connectivity index (χ2v) is 6.34. The van der Waals surface area contributed by atoms with Crippen molar-refractivity contribution in [2.24, 2.45) is 0 Å². The Morgan fingerprint density at radius 3 is 3.00 bits per heavy atom. The first-order valence-corrected chi connectivity index (χ1v) is 7.58. The van der Waals surface area contributed by atoms with Gasteiger partial charge in [-0.25, -0.2) is 0 Å². The van der Waals surface area contributed by atoms with Crippen LogP contribution in [0.4, 0.5) is 0 Å². The van der Waals surface area contributed by atoms with E-state index < -0.39 is 0 Å². The molecule has 1 saturated heterocycles. The van der Waals surface area contributed by atoms with E-state index >= 15 is 0 Å². The number of nitrogens with one attached hydrogen (secondary N) is 1. The lowest BCUT2D eigenvalue weighted by Crippen LogP contribution is -2.55. The molecule has 0 saturated carbocycles. The van der Waals surface area contributed by atoms with Crippen LogP contribution >= 0.6 is 39.7 Å². The fourth-order valence-electron chi connectivity index (χ4n) is 2.00. The number of ether oxygens (including phenoxy) is 1. The summed E-state index contributed by atoms with van der Waals surface area (Å²) in [5, 5.41) is 5.24. The van der Waals surface area contributed by atoms with E-state index in [9.17, 15) is 4.79 Å². The molecule has 108 valence electrons. The van der Waals surface area contributed by atoms with Gasteiger partial charge in [0.25, 0.3) is 0 Å². The number of carbonyl (C=O) groups is 1. The molecule has 0 bridgehead atoms. The van der Waals surface area contributed by atoms with Gasteiger partial charge in [0.1, 0.15) is 6.04 Å². The molecule has 2 atom stereocenters. The Bertz CT molecular complexity index is 430. The highest BCUT2D eigenvalue weighted by Crippen LogP contribution is 2.21. The zero-order valence-corrected chi connectivity index (χ0v) is 14.1. The van der Waals surface area contributed by atoms with Crippen molar-refractivity contribution >= 4 is 45.6 Å². The number of hydrogen-bond donors (Lipinski definition) is 1. The molecule has 2 rings (SSSR count). The SMILES string of the molecule is C[C@H]1OCCN[C@@H]1C(=O)N(C)Cc1cc(Br)cs1.Cl. The molecular formula is C12H18BrClN2O2S. The monoisotopic (exact) mass is 368 g/mol. The summed E-state index contributed by atoms with van der Waals surface area (Å²) in [4.78, 5) is 15.2. The maximum atomic E-state index is 12.3. The van der Waals surface area contributed by atoms with Crippen LogP contribution in [0.5, 0.6) is 0 Å². The second-order valence-electron chi connectivity index (χ2n) is 4.43. The standard InChI is InChI=1S/C12H17BrN2O2S.ClH/c1-8-11(14-3-4-17-8)12(16)15(2)6-10-5-9(13)7-18-10;/h5,7-8,11,14H,3-4,6H2,1-2H3;1H/t8-,11+;/m1./s1. The summed E-state index contributed by atoms with van der Waals surface area (Å²) < 4.78 is 6.57. The van der Waals surface area contributed by atoms with Crippen LogP contribution < -0.4 is 5.32 Å². The van der Waals surface area contributed by atoms with Crippen LogP contribution in [0.15, 0.2) is 15.9 Å². The largest absolute Gasteiger partial charge is 0.375 e. The lowest BCUT2D eigenvalue weighted by Gasteiger charge is -2.32. The number of amides is 1. The fourth-order valence-corrected chi connectivity index (χ4v) is 3.50. The van der Waals surface area contributed by atoms with Crippen molar-refractivity contribution in [1.82, 2.24) is 10.2 Å². The molecule has 0 aromatic carbocycles. The third kappa shape index (κ3) is 4.43. The van der Waals surface area contributed by atoms with E-state index in [1.54, 1.807) is 16.2 Å². The van der Waals surface area contributed by atoms with Crippen LogP contribution in [0.3, 0.4) is 0 Å². The minimum Gasteiger partial charge on any atom is -0.375 e. The van der Waals surface area contributed by atoms with Gasteiger partial charge in [-0.05, 0) is 28.9 Å². The van der Waals surface area contributed by atoms with Crippen LogP contribution in [0.1, 0.15) is 11.8 Å². The maximum absolute atomic E-state index is 12.3. The highest BCUT2D eigenvalue weighted by molar-refractivity contribution is 9.10. The molecule has 0 aliphatic carbocycles. The van der Waals surface area contributed by atoms with Gasteiger partial charge in [-0.2, -0.15) is 0 Å². The van der Waals surface area contributed by atoms with Gasteiger partial charge in [0.05, 0.1) is 19.3 Å². The van der Waals surface area contributed by atoms with Crippen molar-refractivity contribution in [1.29, 1.82) is 0 Å². The molecule has 1 aromatic heterocycles. The minimum absolute atomic E-state index is 0. The van der Waals surface area contributed by atoms with E-state index in [1.807, 2.05) is 25.4 Å². The van der Waals surface area contributed by atoms with Gasteiger partial charge < -0.3 is 15.0 Å². The van der Waals surface area contributed by atoms with Crippen molar-refractivity contribution in [3.8, 4) is 0 Å². The third-order valence-electron chi connectivity index (χ3n) is 2.97. The van der Waals surface area contributed by atoms with E-state index in [4.69, 9.17) is 4.74 Å². The van der Waals surface area contributed by atoms with Gasteiger partial charge in [0.15, 0.2) is 0 Å². The molecule has 1 aromatic rings. The average molecular weight is 370 g/mol. The van der Waals surface area contributed by atoms with Gasteiger partial charge >= 0.3 is 0 Å². The minimum atomic E-state index is -0.229. The fraction of sp³-hybridized carbons (Fsp3) is 0.583. The molecule has 7 heteroatoms. The number of nitrogens with zero attached hydrogens (tertiary/aromatic N) is 1. The number of morpholine rings is 1. The van der Waals surface area contributed by atoms with Crippen molar-refractivity contribution in [3.05, 3.63) is 20.8 Å². The summed E-state index contributed by atoms with van der Waals surface area (Å²) >= 11 is 5.07. The molecule has 1 aliphatic heterocycles. The Morgan fingerprint density at radius 1 is 1.68 bits per heavy atom. The summed E-state index contributed by atoms with van der Waals surface area (Å²) in [6.45, 7) is 3.98. The van der Waals surface area contributed by atoms with Gasteiger partial charge in [0.2, 0.25) is 5.91 Å². The first kappa shape index (κ1) is 16.9. The first-order chi connectivity index (χ1) is 8.58. The summed E-state index contributed by atoms with van der Waals surface area (Å²) in [7, 11) is 1.83. The molecule has 1 N–H and O–H groups in total. The highest BCUT2D eigenvalue weighted by atomic mass is 79.9. The number of hydrogen-bond acceptors (Lipinski definition) is 4. The Hall–Kier alpha value is -0.140. The summed E-state index contributed by atoms with van der Waals surface area (Å²) in [5.41, 5.74) is 0. The van der Waals surface area contributed by atoms with Crippen molar-refractivity contribution in [2.75, 3.05) is 20.2 Å². The Balaban J connectivity index is 0.00000180. The van der Waals surface area contributed by atoms with Crippen LogP contribution in [0, 0.1) is 0 Å². The predicted octanol–water partition coefficient (Wildman–Crippen LogP) is 2.27. The van der Waals surface area contributed by atoms with Crippen LogP contribution in [-0.2, 0) is 16.1 Å². The van der Waals surface area contributed by atoms with Gasteiger partial charge in [-0.15, -0.1) is 23.7 Å². The average Bonchev–Trinajstić information content (AvgIpc) is 2.74. The third-order valence-corrected chi connectivity index (χ3v) is 4.66. The quantitative estimate of drug-likeness (QED) is 0.888. The maximum Gasteiger partial charge on any atom is 0.242 e. The molecule has 0 unspecified atom stereocenters. The zero-order chi connectivity index (χ0) is 13.1. The summed E-state index contributed by atoms with van der Waals surface area (Å²) in [6.07, 6.45) is -0.0660. The Kier molecular flexibility index (Phi) is 6.76. The van der Waals surface area contributed by atoms with Crippen molar-refractivity contribution in [3.63, 3.8) is 0 Å². The summed E-state index contributed by atoms with van der Waals surface area (Å²) in [6, 6.07) is 1.81. The van der Waals surface area contributed by atoms with Gasteiger partial charge in [0, 0.05) is 28.3 Å². The van der Waals surface area contributed by atoms with Crippen molar-refractivity contribution in [2.45, 2.75) is 25.6 Å². The number of halogens is 2. The first-order valence-electron chi connectivity index (χ1n) is 5.91. The normalized spacial score (nSPS) is 22.7. The molecule has 1 fully saturated rings. The summed E-state index contributed by atoms with van der Waals surface area (Å²) in [5.74, 6) is 0.0896. The molecule has 0 spiro atoms. The molecule has 1 aliphatic rings. The topological polar surface area (TPSA) is 41.6 Å². The number of carbonyl (C=O) groups excluding carboxylic acids is 1. The number of rotatable bonds is 3. The molecular weight excluding hydrogens is 352 g/mol. The molecule has 1 amide bonds. The van der Waals surface area contributed by atoms with Crippen LogP contribution in [-0.4, -0.2) is 43.2 Å². The lowest BCUT2D eigenvalue weighted by molar-refractivity contribution is -0.138. The van der Waals surface area contributed by atoms with E-state index in [0.29, 0.717) is 13.2 Å². The van der Waals surface area contributed by atoms with Gasteiger partial charge in [-0.1, -0.05) is 0 Å². The lowest BCUT2D eigenvalue weighted by atomic mass is 10.1. The van der Waals surface area contributed by atoms with E-state index in [1.165, 1.54) is 4.88 Å². The smallest absolute Gasteiger partial charge is 0.242 e. The van der Waals surface area contributed by atoms with E-state index in [0.717, 1.165) is 11.0 Å².